The lowest BCUT2D eigenvalue weighted by Crippen LogP contribution is -2.61. The second-order valence-electron chi connectivity index (χ2n) is 5.72. The molecular formula is C15H23N3. The van der Waals surface area contributed by atoms with Crippen LogP contribution in [0.15, 0.2) is 24.3 Å². The quantitative estimate of drug-likeness (QED) is 0.803. The smallest absolute Gasteiger partial charge is 0.0472 e. The van der Waals surface area contributed by atoms with Crippen molar-refractivity contribution in [1.29, 1.82) is 0 Å². The highest BCUT2D eigenvalue weighted by Gasteiger charge is 2.33. The molecule has 0 saturated carbocycles. The molecule has 3 nitrogen and oxygen atoms in total. The minimum Gasteiger partial charge on any atom is -0.314 e. The molecule has 2 aliphatic rings. The van der Waals surface area contributed by atoms with E-state index in [-0.39, 0.29) is 0 Å². The van der Waals surface area contributed by atoms with Gasteiger partial charge in [-0.1, -0.05) is 29.8 Å². The fourth-order valence-corrected chi connectivity index (χ4v) is 3.19. The van der Waals surface area contributed by atoms with Gasteiger partial charge in [0, 0.05) is 44.8 Å². The van der Waals surface area contributed by atoms with E-state index in [0.717, 1.165) is 13.1 Å². The molecule has 98 valence electrons. The van der Waals surface area contributed by atoms with Crippen molar-refractivity contribution in [3.8, 4) is 0 Å². The van der Waals surface area contributed by atoms with Crippen molar-refractivity contribution in [2.45, 2.75) is 19.0 Å². The molecule has 1 N–H and O–H groups in total. The molecule has 2 aliphatic heterocycles. The van der Waals surface area contributed by atoms with Gasteiger partial charge in [0.1, 0.15) is 0 Å². The van der Waals surface area contributed by atoms with Gasteiger partial charge in [-0.15, -0.1) is 0 Å². The molecule has 0 amide bonds. The summed E-state index contributed by atoms with van der Waals surface area (Å²) in [5.74, 6) is 0. The summed E-state index contributed by atoms with van der Waals surface area (Å²) in [7, 11) is 2.26. The fourth-order valence-electron chi connectivity index (χ4n) is 3.19. The fraction of sp³-hybridized carbons (Fsp3) is 0.600. The molecule has 3 rings (SSSR count). The Morgan fingerprint density at radius 1 is 1.17 bits per heavy atom. The number of likely N-dealkylation sites (N-methyl/N-ethyl adjacent to an activating group) is 1. The van der Waals surface area contributed by atoms with Gasteiger partial charge in [0.15, 0.2) is 0 Å². The summed E-state index contributed by atoms with van der Waals surface area (Å²) in [5.41, 5.74) is 2.80. The van der Waals surface area contributed by atoms with Crippen molar-refractivity contribution in [3.05, 3.63) is 35.4 Å². The lowest BCUT2D eigenvalue weighted by atomic mass is 9.98. The van der Waals surface area contributed by atoms with Gasteiger partial charge < -0.3 is 5.32 Å². The van der Waals surface area contributed by atoms with Gasteiger partial charge >= 0.3 is 0 Å². The molecule has 2 atom stereocenters. The predicted molar refractivity (Wildman–Crippen MR) is 74.8 cm³/mol. The molecule has 0 aromatic heterocycles. The normalized spacial score (nSPS) is 30.1. The zero-order valence-corrected chi connectivity index (χ0v) is 11.4. The maximum atomic E-state index is 3.50. The second kappa shape index (κ2) is 5.00. The first-order valence-corrected chi connectivity index (χ1v) is 6.95. The molecule has 1 aromatic carbocycles. The first-order valence-electron chi connectivity index (χ1n) is 6.95. The van der Waals surface area contributed by atoms with Gasteiger partial charge in [0.25, 0.3) is 0 Å². The van der Waals surface area contributed by atoms with E-state index < -0.39 is 0 Å². The zero-order chi connectivity index (χ0) is 12.5. The van der Waals surface area contributed by atoms with Crippen LogP contribution in [-0.4, -0.2) is 55.6 Å². The summed E-state index contributed by atoms with van der Waals surface area (Å²) in [4.78, 5) is 5.17. The topological polar surface area (TPSA) is 18.5 Å². The van der Waals surface area contributed by atoms with Gasteiger partial charge in [0.05, 0.1) is 0 Å². The predicted octanol–water partition coefficient (Wildman–Crippen LogP) is 1.26. The van der Waals surface area contributed by atoms with Crippen LogP contribution >= 0.6 is 0 Å². The Hall–Kier alpha value is -0.900. The molecular weight excluding hydrogens is 222 g/mol. The van der Waals surface area contributed by atoms with Crippen LogP contribution in [0.25, 0.3) is 0 Å². The van der Waals surface area contributed by atoms with Crippen LogP contribution in [0.1, 0.15) is 17.2 Å². The Bertz CT molecular complexity index is 401. The third-order valence-corrected chi connectivity index (χ3v) is 4.37. The largest absolute Gasteiger partial charge is 0.314 e. The molecule has 0 aliphatic carbocycles. The molecule has 2 heterocycles. The Morgan fingerprint density at radius 3 is 2.72 bits per heavy atom. The van der Waals surface area contributed by atoms with Crippen LogP contribution in [0.5, 0.6) is 0 Å². The number of fused-ring (bicyclic) bond motifs is 1. The van der Waals surface area contributed by atoms with E-state index in [1.54, 1.807) is 0 Å². The van der Waals surface area contributed by atoms with Crippen molar-refractivity contribution < 1.29 is 0 Å². The van der Waals surface area contributed by atoms with E-state index in [0.29, 0.717) is 12.1 Å². The van der Waals surface area contributed by atoms with Crippen molar-refractivity contribution >= 4 is 0 Å². The van der Waals surface area contributed by atoms with Crippen LogP contribution in [0, 0.1) is 6.92 Å². The number of hydrogen-bond donors (Lipinski definition) is 1. The monoisotopic (exact) mass is 245 g/mol. The second-order valence-corrected chi connectivity index (χ2v) is 5.72. The molecule has 2 fully saturated rings. The average Bonchev–Trinajstić information content (AvgIpc) is 2.39. The van der Waals surface area contributed by atoms with Crippen LogP contribution in [0.3, 0.4) is 0 Å². The van der Waals surface area contributed by atoms with Crippen molar-refractivity contribution in [1.82, 2.24) is 15.1 Å². The molecule has 2 unspecified atom stereocenters. The standard InChI is InChI=1S/C15H23N3/c1-12-3-5-13(6-4-12)15-11-18-8-7-16-9-14(18)10-17(15)2/h3-6,14-16H,7-11H2,1-2H3. The van der Waals surface area contributed by atoms with E-state index in [2.05, 4.69) is 53.4 Å². The number of benzene rings is 1. The number of hydrogen-bond acceptors (Lipinski definition) is 3. The SMILES string of the molecule is Cc1ccc(C2CN3CCNCC3CN2C)cc1. The first kappa shape index (κ1) is 12.2. The number of aryl methyl sites for hydroxylation is 1. The maximum Gasteiger partial charge on any atom is 0.0472 e. The van der Waals surface area contributed by atoms with E-state index in [1.807, 2.05) is 0 Å². The van der Waals surface area contributed by atoms with E-state index in [1.165, 1.54) is 30.8 Å². The molecule has 0 spiro atoms. The van der Waals surface area contributed by atoms with Gasteiger partial charge in [0.2, 0.25) is 0 Å². The van der Waals surface area contributed by atoms with Gasteiger partial charge in [-0.2, -0.15) is 0 Å². The average molecular weight is 245 g/mol. The summed E-state index contributed by atoms with van der Waals surface area (Å²) in [6, 6.07) is 10.3. The highest BCUT2D eigenvalue weighted by Crippen LogP contribution is 2.27. The van der Waals surface area contributed by atoms with Crippen molar-refractivity contribution in [2.24, 2.45) is 0 Å². The number of piperazine rings is 2. The zero-order valence-electron chi connectivity index (χ0n) is 11.4. The summed E-state index contributed by atoms with van der Waals surface area (Å²) < 4.78 is 0. The highest BCUT2D eigenvalue weighted by atomic mass is 15.3. The summed E-state index contributed by atoms with van der Waals surface area (Å²) >= 11 is 0. The Morgan fingerprint density at radius 2 is 1.94 bits per heavy atom. The van der Waals surface area contributed by atoms with Crippen molar-refractivity contribution in [3.63, 3.8) is 0 Å². The Balaban J connectivity index is 1.77. The molecule has 18 heavy (non-hydrogen) atoms. The lowest BCUT2D eigenvalue weighted by molar-refractivity contribution is 0.0300. The third-order valence-electron chi connectivity index (χ3n) is 4.37. The number of nitrogens with one attached hydrogen (secondary N) is 1. The Kier molecular flexibility index (Phi) is 3.37. The lowest BCUT2D eigenvalue weighted by Gasteiger charge is -2.47. The summed E-state index contributed by atoms with van der Waals surface area (Å²) in [5, 5.41) is 3.50. The van der Waals surface area contributed by atoms with Gasteiger partial charge in [-0.25, -0.2) is 0 Å². The van der Waals surface area contributed by atoms with Gasteiger partial charge in [-0.05, 0) is 19.5 Å². The minimum atomic E-state index is 0.556. The molecule has 2 saturated heterocycles. The maximum absolute atomic E-state index is 3.50. The first-order chi connectivity index (χ1) is 8.74. The van der Waals surface area contributed by atoms with E-state index >= 15 is 0 Å². The molecule has 0 bridgehead atoms. The number of nitrogens with zero attached hydrogens (tertiary/aromatic N) is 2. The molecule has 0 radical (unpaired) electrons. The summed E-state index contributed by atoms with van der Waals surface area (Å²) in [6.07, 6.45) is 0. The van der Waals surface area contributed by atoms with Crippen LogP contribution < -0.4 is 5.32 Å². The molecule has 3 heteroatoms. The van der Waals surface area contributed by atoms with Crippen LogP contribution in [0.4, 0.5) is 0 Å². The highest BCUT2D eigenvalue weighted by molar-refractivity contribution is 5.25. The Labute approximate surface area is 110 Å². The van der Waals surface area contributed by atoms with Gasteiger partial charge in [-0.3, -0.25) is 9.80 Å². The summed E-state index contributed by atoms with van der Waals surface area (Å²) in [6.45, 7) is 7.98. The third kappa shape index (κ3) is 2.30. The number of rotatable bonds is 1. The van der Waals surface area contributed by atoms with E-state index in [9.17, 15) is 0 Å². The van der Waals surface area contributed by atoms with E-state index in [4.69, 9.17) is 0 Å². The van der Waals surface area contributed by atoms with Crippen LogP contribution in [-0.2, 0) is 0 Å². The molecule has 1 aromatic rings. The van der Waals surface area contributed by atoms with Crippen molar-refractivity contribution in [2.75, 3.05) is 39.8 Å². The minimum absolute atomic E-state index is 0.556. The van der Waals surface area contributed by atoms with Crippen LogP contribution in [0.2, 0.25) is 0 Å².